The van der Waals surface area contributed by atoms with E-state index in [2.05, 4.69) is 12.2 Å². The molecule has 0 bridgehead atoms. The quantitative estimate of drug-likeness (QED) is 0.649. The summed E-state index contributed by atoms with van der Waals surface area (Å²) < 4.78 is 5.40. The maximum atomic E-state index is 11.8. The summed E-state index contributed by atoms with van der Waals surface area (Å²) >= 11 is 0. The zero-order valence-corrected chi connectivity index (χ0v) is 12.4. The number of rotatable bonds is 10. The second-order valence-corrected chi connectivity index (χ2v) is 4.81. The monoisotopic (exact) mass is 293 g/mol. The van der Waals surface area contributed by atoms with Crippen LogP contribution in [0.25, 0.3) is 0 Å². The van der Waals surface area contributed by atoms with Crippen LogP contribution >= 0.6 is 0 Å². The molecule has 0 radical (unpaired) electrons. The first-order valence-electron chi connectivity index (χ1n) is 7.30. The molecule has 1 rings (SSSR count). The minimum absolute atomic E-state index is 0.0825. The molecule has 0 spiro atoms. The molecule has 5 nitrogen and oxygen atoms in total. The molecular formula is C16H23NO4. The number of benzene rings is 1. The van der Waals surface area contributed by atoms with Gasteiger partial charge in [0.05, 0.1) is 12.0 Å². The van der Waals surface area contributed by atoms with Crippen LogP contribution in [0.3, 0.4) is 0 Å². The highest BCUT2D eigenvalue weighted by atomic mass is 16.5. The van der Waals surface area contributed by atoms with Crippen LogP contribution in [0, 0.1) is 0 Å². The molecule has 0 aliphatic heterocycles. The first-order chi connectivity index (χ1) is 10.1. The SMILES string of the molecule is CCCCOCCCNC(=O)Cc1ccccc1C(=O)O. The molecule has 0 saturated heterocycles. The van der Waals surface area contributed by atoms with Crippen LogP contribution < -0.4 is 5.32 Å². The summed E-state index contributed by atoms with van der Waals surface area (Å²) in [6.07, 6.45) is 3.01. The van der Waals surface area contributed by atoms with Crippen molar-refractivity contribution in [2.24, 2.45) is 0 Å². The fourth-order valence-electron chi connectivity index (χ4n) is 1.87. The highest BCUT2D eigenvalue weighted by Crippen LogP contribution is 2.09. The smallest absolute Gasteiger partial charge is 0.335 e. The lowest BCUT2D eigenvalue weighted by molar-refractivity contribution is -0.120. The van der Waals surface area contributed by atoms with E-state index in [0.717, 1.165) is 25.9 Å². The highest BCUT2D eigenvalue weighted by molar-refractivity contribution is 5.91. The number of amides is 1. The molecule has 2 N–H and O–H groups in total. The Kier molecular flexibility index (Phi) is 8.12. The van der Waals surface area contributed by atoms with Crippen LogP contribution in [0.4, 0.5) is 0 Å². The molecule has 0 aliphatic carbocycles. The van der Waals surface area contributed by atoms with Crippen molar-refractivity contribution in [3.63, 3.8) is 0 Å². The topological polar surface area (TPSA) is 75.6 Å². The van der Waals surface area contributed by atoms with E-state index in [0.29, 0.717) is 18.7 Å². The molecule has 5 heteroatoms. The van der Waals surface area contributed by atoms with Gasteiger partial charge >= 0.3 is 5.97 Å². The molecule has 0 heterocycles. The maximum absolute atomic E-state index is 11.8. The molecule has 1 aromatic rings. The Hall–Kier alpha value is -1.88. The van der Waals surface area contributed by atoms with Gasteiger partial charge in [0.2, 0.25) is 5.91 Å². The van der Waals surface area contributed by atoms with Gasteiger partial charge in [0, 0.05) is 19.8 Å². The number of hydrogen-bond acceptors (Lipinski definition) is 3. The maximum Gasteiger partial charge on any atom is 0.335 e. The van der Waals surface area contributed by atoms with Gasteiger partial charge in [-0.3, -0.25) is 4.79 Å². The zero-order valence-electron chi connectivity index (χ0n) is 12.4. The zero-order chi connectivity index (χ0) is 15.5. The number of ether oxygens (including phenoxy) is 1. The lowest BCUT2D eigenvalue weighted by atomic mass is 10.0. The number of carbonyl (C=O) groups excluding carboxylic acids is 1. The molecule has 0 unspecified atom stereocenters. The normalized spacial score (nSPS) is 10.3. The Morgan fingerprint density at radius 3 is 2.62 bits per heavy atom. The van der Waals surface area contributed by atoms with Crippen LogP contribution in [0.1, 0.15) is 42.1 Å². The fraction of sp³-hybridized carbons (Fsp3) is 0.500. The molecule has 0 saturated carbocycles. The van der Waals surface area contributed by atoms with Crippen molar-refractivity contribution in [2.45, 2.75) is 32.6 Å². The van der Waals surface area contributed by atoms with Gasteiger partial charge in [0.15, 0.2) is 0 Å². The first kappa shape index (κ1) is 17.2. The van der Waals surface area contributed by atoms with Crippen molar-refractivity contribution in [3.8, 4) is 0 Å². The van der Waals surface area contributed by atoms with Gasteiger partial charge in [0.1, 0.15) is 0 Å². The minimum atomic E-state index is -1.01. The molecule has 21 heavy (non-hydrogen) atoms. The van der Waals surface area contributed by atoms with Crippen LogP contribution in [-0.2, 0) is 16.0 Å². The summed E-state index contributed by atoms with van der Waals surface area (Å²) in [5.41, 5.74) is 0.706. The molecule has 0 atom stereocenters. The number of hydrogen-bond donors (Lipinski definition) is 2. The average Bonchev–Trinajstić information content (AvgIpc) is 2.46. The summed E-state index contributed by atoms with van der Waals surface area (Å²) in [5, 5.41) is 11.8. The van der Waals surface area contributed by atoms with E-state index in [1.54, 1.807) is 18.2 Å². The molecule has 1 aromatic carbocycles. The van der Waals surface area contributed by atoms with Crippen molar-refractivity contribution >= 4 is 11.9 Å². The second-order valence-electron chi connectivity index (χ2n) is 4.81. The summed E-state index contributed by atoms with van der Waals surface area (Å²) in [7, 11) is 0. The third kappa shape index (κ3) is 6.90. The van der Waals surface area contributed by atoms with Crippen LogP contribution in [-0.4, -0.2) is 36.7 Å². The van der Waals surface area contributed by atoms with Gasteiger partial charge < -0.3 is 15.2 Å². The van der Waals surface area contributed by atoms with E-state index in [1.807, 2.05) is 0 Å². The Balaban J connectivity index is 2.27. The number of carbonyl (C=O) groups is 2. The summed E-state index contributed by atoms with van der Waals surface area (Å²) in [6.45, 7) is 4.04. The third-order valence-corrected chi connectivity index (χ3v) is 3.03. The molecule has 0 aliphatic rings. The van der Waals surface area contributed by atoms with Gasteiger partial charge in [-0.1, -0.05) is 31.5 Å². The minimum Gasteiger partial charge on any atom is -0.478 e. The van der Waals surface area contributed by atoms with E-state index in [4.69, 9.17) is 9.84 Å². The number of nitrogens with one attached hydrogen (secondary N) is 1. The van der Waals surface area contributed by atoms with Crippen molar-refractivity contribution in [2.75, 3.05) is 19.8 Å². The van der Waals surface area contributed by atoms with Gasteiger partial charge in [-0.05, 0) is 24.5 Å². The highest BCUT2D eigenvalue weighted by Gasteiger charge is 2.11. The summed E-state index contributed by atoms with van der Waals surface area (Å²) in [5.74, 6) is -1.18. The fourth-order valence-corrected chi connectivity index (χ4v) is 1.87. The van der Waals surface area contributed by atoms with Crippen molar-refractivity contribution in [3.05, 3.63) is 35.4 Å². The van der Waals surface area contributed by atoms with Gasteiger partial charge in [0.25, 0.3) is 0 Å². The van der Waals surface area contributed by atoms with E-state index in [-0.39, 0.29) is 17.9 Å². The molecular weight excluding hydrogens is 270 g/mol. The predicted molar refractivity (Wildman–Crippen MR) is 80.5 cm³/mol. The Morgan fingerprint density at radius 2 is 1.90 bits per heavy atom. The Bertz CT molecular complexity index is 459. The lowest BCUT2D eigenvalue weighted by Crippen LogP contribution is -2.27. The standard InChI is InChI=1S/C16H23NO4/c1-2-3-10-21-11-6-9-17-15(18)12-13-7-4-5-8-14(13)16(19)20/h4-5,7-8H,2-3,6,9-12H2,1H3,(H,17,18)(H,19,20). The first-order valence-corrected chi connectivity index (χ1v) is 7.30. The molecule has 1 amide bonds. The van der Waals surface area contributed by atoms with Gasteiger partial charge in [-0.15, -0.1) is 0 Å². The lowest BCUT2D eigenvalue weighted by Gasteiger charge is -2.08. The van der Waals surface area contributed by atoms with Crippen molar-refractivity contribution < 1.29 is 19.4 Å². The van der Waals surface area contributed by atoms with E-state index in [1.165, 1.54) is 6.07 Å². The van der Waals surface area contributed by atoms with E-state index < -0.39 is 5.97 Å². The third-order valence-electron chi connectivity index (χ3n) is 3.03. The van der Waals surface area contributed by atoms with Gasteiger partial charge in [-0.2, -0.15) is 0 Å². The number of carboxylic acid groups (broad SMARTS) is 1. The largest absolute Gasteiger partial charge is 0.478 e. The Morgan fingerprint density at radius 1 is 1.19 bits per heavy atom. The van der Waals surface area contributed by atoms with Crippen molar-refractivity contribution in [1.82, 2.24) is 5.32 Å². The summed E-state index contributed by atoms with van der Waals surface area (Å²) in [6, 6.07) is 6.55. The van der Waals surface area contributed by atoms with E-state index in [9.17, 15) is 9.59 Å². The summed E-state index contributed by atoms with van der Waals surface area (Å²) in [4.78, 5) is 22.8. The molecule has 116 valence electrons. The predicted octanol–water partition coefficient (Wildman–Crippen LogP) is 2.25. The van der Waals surface area contributed by atoms with Crippen molar-refractivity contribution in [1.29, 1.82) is 0 Å². The Labute approximate surface area is 125 Å². The number of aromatic carboxylic acids is 1. The van der Waals surface area contributed by atoms with Crippen LogP contribution in [0.5, 0.6) is 0 Å². The molecule has 0 aromatic heterocycles. The number of unbranched alkanes of at least 4 members (excludes halogenated alkanes) is 1. The molecule has 0 fully saturated rings. The van der Waals surface area contributed by atoms with E-state index >= 15 is 0 Å². The second kappa shape index (κ2) is 9.94. The van der Waals surface area contributed by atoms with Gasteiger partial charge in [-0.25, -0.2) is 4.79 Å². The average molecular weight is 293 g/mol. The number of carboxylic acids is 1. The van der Waals surface area contributed by atoms with Crippen LogP contribution in [0.2, 0.25) is 0 Å². The van der Waals surface area contributed by atoms with Crippen LogP contribution in [0.15, 0.2) is 24.3 Å².